The van der Waals surface area contributed by atoms with Crippen LogP contribution in [0, 0.1) is 13.8 Å². The van der Waals surface area contributed by atoms with Crippen molar-refractivity contribution in [2.45, 2.75) is 32.6 Å². The summed E-state index contributed by atoms with van der Waals surface area (Å²) in [5.74, 6) is 0.724. The van der Waals surface area contributed by atoms with Crippen molar-refractivity contribution in [3.63, 3.8) is 0 Å². The molecule has 5 nitrogen and oxygen atoms in total. The van der Waals surface area contributed by atoms with Crippen LogP contribution in [0.5, 0.6) is 0 Å². The Balaban J connectivity index is 1.75. The molecule has 24 heavy (non-hydrogen) atoms. The van der Waals surface area contributed by atoms with Gasteiger partial charge in [-0.1, -0.05) is 12.1 Å². The minimum atomic E-state index is -0.923. The van der Waals surface area contributed by atoms with Crippen molar-refractivity contribution in [2.24, 2.45) is 0 Å². The lowest BCUT2D eigenvalue weighted by Gasteiger charge is -2.33. The van der Waals surface area contributed by atoms with Gasteiger partial charge in [-0.25, -0.2) is 4.79 Å². The van der Waals surface area contributed by atoms with Gasteiger partial charge < -0.3 is 14.4 Å². The monoisotopic (exact) mass is 327 g/mol. The van der Waals surface area contributed by atoms with E-state index in [1.165, 1.54) is 0 Å². The summed E-state index contributed by atoms with van der Waals surface area (Å²) in [6, 6.07) is 8.76. The fraction of sp³-hybridized carbons (Fsp3) is 0.368. The van der Waals surface area contributed by atoms with Crippen LogP contribution in [0.2, 0.25) is 0 Å². The lowest BCUT2D eigenvalue weighted by atomic mass is 9.90. The number of amides is 1. The Labute approximate surface area is 140 Å². The van der Waals surface area contributed by atoms with Crippen molar-refractivity contribution < 1.29 is 19.1 Å². The highest BCUT2D eigenvalue weighted by molar-refractivity contribution is 5.95. The van der Waals surface area contributed by atoms with Gasteiger partial charge in [-0.2, -0.15) is 0 Å². The molecule has 126 valence electrons. The van der Waals surface area contributed by atoms with Crippen LogP contribution in [0.15, 0.2) is 34.7 Å². The number of likely N-dealkylation sites (tertiary alicyclic amines) is 1. The van der Waals surface area contributed by atoms with E-state index in [1.54, 1.807) is 18.2 Å². The van der Waals surface area contributed by atoms with E-state index < -0.39 is 5.97 Å². The number of aromatic carboxylic acids is 1. The first-order valence-corrected chi connectivity index (χ1v) is 8.15. The molecule has 1 atom stereocenters. The number of carboxylic acid groups (broad SMARTS) is 1. The highest BCUT2D eigenvalue weighted by atomic mass is 16.4. The normalized spacial score (nSPS) is 17.8. The molecule has 2 aromatic rings. The lowest BCUT2D eigenvalue weighted by Crippen LogP contribution is -2.39. The average Bonchev–Trinajstić information content (AvgIpc) is 2.92. The molecule has 0 saturated carbocycles. The Kier molecular flexibility index (Phi) is 4.42. The van der Waals surface area contributed by atoms with E-state index in [9.17, 15) is 9.59 Å². The number of rotatable bonds is 3. The summed E-state index contributed by atoms with van der Waals surface area (Å²) < 4.78 is 5.47. The Hall–Kier alpha value is -2.56. The van der Waals surface area contributed by atoms with E-state index in [4.69, 9.17) is 9.52 Å². The number of carbonyl (C=O) groups is 2. The quantitative estimate of drug-likeness (QED) is 0.935. The van der Waals surface area contributed by atoms with E-state index >= 15 is 0 Å². The molecule has 2 heterocycles. The van der Waals surface area contributed by atoms with Gasteiger partial charge in [0.2, 0.25) is 0 Å². The van der Waals surface area contributed by atoms with Gasteiger partial charge in [0.25, 0.3) is 5.91 Å². The average molecular weight is 327 g/mol. The predicted molar refractivity (Wildman–Crippen MR) is 89.5 cm³/mol. The van der Waals surface area contributed by atoms with Crippen LogP contribution in [0.25, 0.3) is 0 Å². The Morgan fingerprint density at radius 3 is 2.50 bits per heavy atom. The first-order valence-electron chi connectivity index (χ1n) is 8.15. The Bertz CT molecular complexity index is 760. The summed E-state index contributed by atoms with van der Waals surface area (Å²) in [4.78, 5) is 25.6. The molecule has 0 bridgehead atoms. The maximum Gasteiger partial charge on any atom is 0.335 e. The van der Waals surface area contributed by atoms with Crippen LogP contribution in [0.3, 0.4) is 0 Å². The van der Waals surface area contributed by atoms with Crippen LogP contribution in [0.1, 0.15) is 56.6 Å². The summed E-state index contributed by atoms with van der Waals surface area (Å²) in [7, 11) is 0. The zero-order chi connectivity index (χ0) is 17.3. The van der Waals surface area contributed by atoms with Crippen molar-refractivity contribution in [3.8, 4) is 0 Å². The summed E-state index contributed by atoms with van der Waals surface area (Å²) in [6.07, 6.45) is 1.94. The SMILES string of the molecule is Cc1cc(C(=O)N2CCC[C@H](c3ccc(C(=O)O)cc3)C2)c(C)o1. The molecule has 1 fully saturated rings. The van der Waals surface area contributed by atoms with E-state index in [0.717, 1.165) is 30.7 Å². The number of piperidine rings is 1. The fourth-order valence-corrected chi connectivity index (χ4v) is 3.35. The van der Waals surface area contributed by atoms with Gasteiger partial charge in [0, 0.05) is 19.0 Å². The molecule has 1 aromatic heterocycles. The minimum absolute atomic E-state index is 0.0104. The molecule has 0 spiro atoms. The third-order valence-electron chi connectivity index (χ3n) is 4.61. The third-order valence-corrected chi connectivity index (χ3v) is 4.61. The van der Waals surface area contributed by atoms with Crippen molar-refractivity contribution in [1.29, 1.82) is 0 Å². The molecule has 1 aliphatic heterocycles. The van der Waals surface area contributed by atoms with Gasteiger partial charge >= 0.3 is 5.97 Å². The van der Waals surface area contributed by atoms with Crippen molar-refractivity contribution in [3.05, 3.63) is 58.5 Å². The first kappa shape index (κ1) is 16.3. The maximum absolute atomic E-state index is 12.7. The van der Waals surface area contributed by atoms with Crippen LogP contribution in [0.4, 0.5) is 0 Å². The van der Waals surface area contributed by atoms with Gasteiger partial charge in [0.15, 0.2) is 0 Å². The molecule has 0 aliphatic carbocycles. The smallest absolute Gasteiger partial charge is 0.335 e. The lowest BCUT2D eigenvalue weighted by molar-refractivity contribution is 0.0693. The van der Waals surface area contributed by atoms with E-state index in [0.29, 0.717) is 17.9 Å². The van der Waals surface area contributed by atoms with Crippen molar-refractivity contribution >= 4 is 11.9 Å². The zero-order valence-corrected chi connectivity index (χ0v) is 13.9. The van der Waals surface area contributed by atoms with E-state index in [-0.39, 0.29) is 17.4 Å². The van der Waals surface area contributed by atoms with Crippen molar-refractivity contribution in [2.75, 3.05) is 13.1 Å². The third kappa shape index (κ3) is 3.20. The van der Waals surface area contributed by atoms with Crippen molar-refractivity contribution in [1.82, 2.24) is 4.90 Å². The van der Waals surface area contributed by atoms with Crippen LogP contribution >= 0.6 is 0 Å². The predicted octanol–water partition coefficient (Wildman–Crippen LogP) is 3.61. The molecule has 3 rings (SSSR count). The molecule has 1 aliphatic rings. The number of carboxylic acids is 1. The second kappa shape index (κ2) is 6.51. The number of furan rings is 1. The van der Waals surface area contributed by atoms with Crippen LogP contribution < -0.4 is 0 Å². The molecular weight excluding hydrogens is 306 g/mol. The maximum atomic E-state index is 12.7. The molecule has 1 aromatic carbocycles. The largest absolute Gasteiger partial charge is 0.478 e. The van der Waals surface area contributed by atoms with Crippen LogP contribution in [-0.2, 0) is 0 Å². The molecular formula is C19H21NO4. The molecule has 1 saturated heterocycles. The molecule has 0 radical (unpaired) electrons. The molecule has 1 amide bonds. The highest BCUT2D eigenvalue weighted by Crippen LogP contribution is 2.28. The number of benzene rings is 1. The van der Waals surface area contributed by atoms with E-state index in [2.05, 4.69) is 0 Å². The van der Waals surface area contributed by atoms with Crippen LogP contribution in [-0.4, -0.2) is 35.0 Å². The second-order valence-electron chi connectivity index (χ2n) is 6.34. The minimum Gasteiger partial charge on any atom is -0.478 e. The number of hydrogen-bond acceptors (Lipinski definition) is 3. The molecule has 5 heteroatoms. The Morgan fingerprint density at radius 1 is 1.21 bits per heavy atom. The number of aryl methyl sites for hydroxylation is 2. The summed E-state index contributed by atoms with van der Waals surface area (Å²) in [5.41, 5.74) is 2.00. The number of nitrogens with zero attached hydrogens (tertiary/aromatic N) is 1. The second-order valence-corrected chi connectivity index (χ2v) is 6.34. The van der Waals surface area contributed by atoms with Gasteiger partial charge in [-0.05, 0) is 50.5 Å². The molecule has 0 unspecified atom stereocenters. The van der Waals surface area contributed by atoms with Gasteiger partial charge in [0.1, 0.15) is 11.5 Å². The molecule has 1 N–H and O–H groups in total. The number of hydrogen-bond donors (Lipinski definition) is 1. The summed E-state index contributed by atoms with van der Waals surface area (Å²) in [5, 5.41) is 8.99. The first-order chi connectivity index (χ1) is 11.5. The standard InChI is InChI=1S/C19H21NO4/c1-12-10-17(13(2)24-12)18(21)20-9-3-4-16(11-20)14-5-7-15(8-6-14)19(22)23/h5-8,10,16H,3-4,9,11H2,1-2H3,(H,22,23)/t16-/m0/s1. The zero-order valence-electron chi connectivity index (χ0n) is 13.9. The highest BCUT2D eigenvalue weighted by Gasteiger charge is 2.27. The topological polar surface area (TPSA) is 70.8 Å². The van der Waals surface area contributed by atoms with Gasteiger partial charge in [0.05, 0.1) is 11.1 Å². The fourth-order valence-electron chi connectivity index (χ4n) is 3.35. The van der Waals surface area contributed by atoms with E-state index in [1.807, 2.05) is 30.9 Å². The summed E-state index contributed by atoms with van der Waals surface area (Å²) >= 11 is 0. The van der Waals surface area contributed by atoms with Gasteiger partial charge in [-0.15, -0.1) is 0 Å². The van der Waals surface area contributed by atoms with Gasteiger partial charge in [-0.3, -0.25) is 4.79 Å². The Morgan fingerprint density at radius 2 is 1.92 bits per heavy atom. The number of carbonyl (C=O) groups excluding carboxylic acids is 1. The summed E-state index contributed by atoms with van der Waals surface area (Å²) in [6.45, 7) is 5.04.